The Hall–Kier alpha value is 1.31. The fourth-order valence-corrected chi connectivity index (χ4v) is 2.69. The first-order valence-electron chi connectivity index (χ1n) is 2.46. The van der Waals surface area contributed by atoms with Gasteiger partial charge in [0.1, 0.15) is 4.33 Å². The van der Waals surface area contributed by atoms with Gasteiger partial charge in [0.2, 0.25) is 0 Å². The summed E-state index contributed by atoms with van der Waals surface area (Å²) >= 11 is 13.9. The molecule has 1 atom stereocenters. The van der Waals surface area contributed by atoms with Crippen LogP contribution in [0.2, 0.25) is 0 Å². The van der Waals surface area contributed by atoms with Gasteiger partial charge >= 0.3 is 0 Å². The van der Waals surface area contributed by atoms with Crippen LogP contribution in [0.4, 0.5) is 0 Å². The summed E-state index contributed by atoms with van der Waals surface area (Å²) < 4.78 is 0.645. The molecule has 1 rings (SSSR count). The minimum atomic E-state index is -0.409. The molecule has 0 aromatic carbocycles. The van der Waals surface area contributed by atoms with Crippen LogP contribution in [0.15, 0.2) is 0 Å². The predicted octanol–water partition coefficient (Wildman–Crippen LogP) is 3.01. The van der Waals surface area contributed by atoms with Gasteiger partial charge in [-0.05, 0) is 6.42 Å². The van der Waals surface area contributed by atoms with Gasteiger partial charge in [0.05, 0.1) is 0 Å². The second kappa shape index (κ2) is 1.89. The second-order valence-electron chi connectivity index (χ2n) is 2.58. The molecule has 0 aliphatic heterocycles. The summed E-state index contributed by atoms with van der Waals surface area (Å²) in [6.07, 6.45) is 0.950. The number of rotatable bonds is 1. The molecular formula is C5H7Cl2I. The quantitative estimate of drug-likeness (QED) is 0.505. The summed E-state index contributed by atoms with van der Waals surface area (Å²) in [5, 5.41) is 0. The normalized spacial score (nSPS) is 42.0. The van der Waals surface area contributed by atoms with E-state index in [1.54, 1.807) is 0 Å². The van der Waals surface area contributed by atoms with Crippen LogP contribution in [0, 0.1) is 5.41 Å². The molecule has 0 aromatic heterocycles. The lowest BCUT2D eigenvalue weighted by Gasteiger charge is -2.04. The summed E-state index contributed by atoms with van der Waals surface area (Å²) in [6.45, 7) is 2.11. The van der Waals surface area contributed by atoms with E-state index in [4.69, 9.17) is 23.2 Å². The highest BCUT2D eigenvalue weighted by atomic mass is 127. The number of hydrogen-bond acceptors (Lipinski definition) is 0. The summed E-state index contributed by atoms with van der Waals surface area (Å²) in [5.41, 5.74) is 0.205. The molecule has 0 amide bonds. The van der Waals surface area contributed by atoms with Crippen molar-refractivity contribution in [3.05, 3.63) is 0 Å². The highest BCUT2D eigenvalue weighted by molar-refractivity contribution is 14.1. The van der Waals surface area contributed by atoms with Crippen molar-refractivity contribution in [2.24, 2.45) is 5.41 Å². The van der Waals surface area contributed by atoms with Gasteiger partial charge in [-0.1, -0.05) is 29.5 Å². The third kappa shape index (κ3) is 0.971. The average Bonchev–Trinajstić information content (AvgIpc) is 2.10. The summed E-state index contributed by atoms with van der Waals surface area (Å²) in [5.74, 6) is 0. The van der Waals surface area contributed by atoms with Crippen LogP contribution in [0.3, 0.4) is 0 Å². The molecule has 0 spiro atoms. The van der Waals surface area contributed by atoms with Crippen LogP contribution in [-0.4, -0.2) is 8.76 Å². The fraction of sp³-hybridized carbons (Fsp3) is 1.00. The van der Waals surface area contributed by atoms with Crippen molar-refractivity contribution in [2.75, 3.05) is 4.43 Å². The molecule has 0 N–H and O–H groups in total. The second-order valence-corrected chi connectivity index (χ2v) is 4.82. The van der Waals surface area contributed by atoms with Crippen LogP contribution in [0.1, 0.15) is 13.3 Å². The molecule has 1 fully saturated rings. The van der Waals surface area contributed by atoms with E-state index < -0.39 is 4.33 Å². The van der Waals surface area contributed by atoms with Gasteiger partial charge in [0.15, 0.2) is 0 Å². The molecule has 3 heteroatoms. The van der Waals surface area contributed by atoms with E-state index >= 15 is 0 Å². The molecule has 48 valence electrons. The van der Waals surface area contributed by atoms with E-state index in [-0.39, 0.29) is 5.41 Å². The maximum absolute atomic E-state index is 5.81. The molecule has 0 nitrogen and oxygen atoms in total. The third-order valence-electron chi connectivity index (χ3n) is 1.67. The van der Waals surface area contributed by atoms with E-state index in [0.29, 0.717) is 0 Å². The molecule has 1 aliphatic carbocycles. The molecule has 0 heterocycles. The lowest BCUT2D eigenvalue weighted by molar-refractivity contribution is 0.666. The average molecular weight is 265 g/mol. The zero-order valence-electron chi connectivity index (χ0n) is 4.55. The zero-order valence-corrected chi connectivity index (χ0v) is 8.22. The van der Waals surface area contributed by atoms with Crippen LogP contribution >= 0.6 is 45.8 Å². The van der Waals surface area contributed by atoms with Crippen molar-refractivity contribution in [2.45, 2.75) is 17.7 Å². The number of alkyl halides is 3. The highest BCUT2D eigenvalue weighted by Crippen LogP contribution is 2.64. The summed E-state index contributed by atoms with van der Waals surface area (Å²) in [6, 6.07) is 0. The van der Waals surface area contributed by atoms with Crippen molar-refractivity contribution < 1.29 is 0 Å². The Morgan fingerprint density at radius 2 is 2.00 bits per heavy atom. The maximum Gasteiger partial charge on any atom is 0.125 e. The minimum Gasteiger partial charge on any atom is -0.101 e. The molecule has 0 radical (unpaired) electrons. The lowest BCUT2D eigenvalue weighted by Crippen LogP contribution is -2.04. The minimum absolute atomic E-state index is 0.205. The maximum atomic E-state index is 5.81. The van der Waals surface area contributed by atoms with Crippen molar-refractivity contribution >= 4 is 45.8 Å². The smallest absolute Gasteiger partial charge is 0.101 e. The van der Waals surface area contributed by atoms with Crippen molar-refractivity contribution in [3.63, 3.8) is 0 Å². The predicted molar refractivity (Wildman–Crippen MR) is 46.0 cm³/mol. The highest BCUT2D eigenvalue weighted by Gasteiger charge is 2.61. The SMILES string of the molecule is CC1(CI)CC1(Cl)Cl. The van der Waals surface area contributed by atoms with Gasteiger partial charge in [-0.3, -0.25) is 0 Å². The molecule has 1 aliphatic rings. The number of halogens is 3. The first kappa shape index (κ1) is 7.42. The molecule has 0 aromatic rings. The Labute approximate surface area is 73.1 Å². The topological polar surface area (TPSA) is 0 Å². The van der Waals surface area contributed by atoms with Crippen LogP contribution in [0.25, 0.3) is 0 Å². The summed E-state index contributed by atoms with van der Waals surface area (Å²) in [4.78, 5) is 0. The van der Waals surface area contributed by atoms with Gasteiger partial charge in [-0.15, -0.1) is 23.2 Å². The monoisotopic (exact) mass is 264 g/mol. The first-order valence-corrected chi connectivity index (χ1v) is 4.74. The van der Waals surface area contributed by atoms with Gasteiger partial charge in [-0.25, -0.2) is 0 Å². The first-order chi connectivity index (χ1) is 3.52. The van der Waals surface area contributed by atoms with Gasteiger partial charge < -0.3 is 0 Å². The van der Waals surface area contributed by atoms with Gasteiger partial charge in [-0.2, -0.15) is 0 Å². The van der Waals surface area contributed by atoms with Crippen molar-refractivity contribution in [1.82, 2.24) is 0 Å². The molecule has 1 unspecified atom stereocenters. The van der Waals surface area contributed by atoms with Crippen molar-refractivity contribution in [3.8, 4) is 0 Å². The molecule has 0 saturated heterocycles. The largest absolute Gasteiger partial charge is 0.125 e. The van der Waals surface area contributed by atoms with Gasteiger partial charge in [0, 0.05) is 9.84 Å². The van der Waals surface area contributed by atoms with Crippen LogP contribution in [-0.2, 0) is 0 Å². The van der Waals surface area contributed by atoms with E-state index in [9.17, 15) is 0 Å². The Kier molecular flexibility index (Phi) is 1.76. The van der Waals surface area contributed by atoms with Gasteiger partial charge in [0.25, 0.3) is 0 Å². The van der Waals surface area contributed by atoms with Crippen molar-refractivity contribution in [1.29, 1.82) is 0 Å². The standard InChI is InChI=1S/C5H7Cl2I/c1-4(3-8)2-5(4,6)7/h2-3H2,1H3. The van der Waals surface area contributed by atoms with E-state index in [1.807, 2.05) is 0 Å². The van der Waals surface area contributed by atoms with E-state index in [2.05, 4.69) is 29.5 Å². The Morgan fingerprint density at radius 3 is 2.00 bits per heavy atom. The lowest BCUT2D eigenvalue weighted by atomic mass is 10.2. The van der Waals surface area contributed by atoms with Crippen LogP contribution in [0.5, 0.6) is 0 Å². The number of hydrogen-bond donors (Lipinski definition) is 0. The van der Waals surface area contributed by atoms with Crippen LogP contribution < -0.4 is 0 Å². The zero-order chi connectivity index (χ0) is 6.41. The van der Waals surface area contributed by atoms with E-state index in [0.717, 1.165) is 10.8 Å². The molecule has 0 bridgehead atoms. The third-order valence-corrected chi connectivity index (χ3v) is 4.53. The molecular weight excluding hydrogens is 258 g/mol. The Morgan fingerprint density at radius 1 is 1.62 bits per heavy atom. The Balaban J connectivity index is 2.55. The summed E-state index contributed by atoms with van der Waals surface area (Å²) in [7, 11) is 0. The van der Waals surface area contributed by atoms with E-state index in [1.165, 1.54) is 0 Å². The molecule has 8 heavy (non-hydrogen) atoms. The Bertz CT molecular complexity index is 113. The fourth-order valence-electron chi connectivity index (χ4n) is 0.591. The molecule has 1 saturated carbocycles.